The molecule has 1 aromatic rings. The molecule has 1 aliphatic carbocycles. The van der Waals surface area contributed by atoms with Crippen molar-refractivity contribution in [2.45, 2.75) is 57.8 Å². The lowest BCUT2D eigenvalue weighted by molar-refractivity contribution is 0.300. The van der Waals surface area contributed by atoms with E-state index in [9.17, 15) is 8.96 Å². The largest absolute Gasteiger partial charge is 0.493 e. The molecule has 0 unspecified atom stereocenters. The zero-order valence-corrected chi connectivity index (χ0v) is 15.2. The maximum atomic E-state index is 14.4. The summed E-state index contributed by atoms with van der Waals surface area (Å²) < 4.78 is 30.5. The average molecular weight is 358 g/mol. The van der Waals surface area contributed by atoms with Crippen molar-refractivity contribution in [2.75, 3.05) is 12.8 Å². The zero-order chi connectivity index (χ0) is 17.6. The molecular weight excluding hydrogens is 330 g/mol. The van der Waals surface area contributed by atoms with Gasteiger partial charge in [0.2, 0.25) is 0 Å². The van der Waals surface area contributed by atoms with Crippen LogP contribution in [0.3, 0.4) is 0 Å². The van der Waals surface area contributed by atoms with Gasteiger partial charge in [0.25, 0.3) is 0 Å². The summed E-state index contributed by atoms with van der Waals surface area (Å²) in [5, 5.41) is 0. The Bertz CT molecular complexity index is 564. The van der Waals surface area contributed by atoms with Gasteiger partial charge in [-0.05, 0) is 55.6 Å². The lowest BCUT2D eigenvalue weighted by Crippen LogP contribution is -2.14. The van der Waals surface area contributed by atoms with Crippen LogP contribution in [0.4, 0.5) is 4.39 Å². The summed E-state index contributed by atoms with van der Waals surface area (Å²) in [5.74, 6) is 1.27. The molecule has 1 saturated carbocycles. The Morgan fingerprint density at radius 3 is 2.54 bits per heavy atom. The molecule has 0 atom stereocenters. The molecule has 1 aliphatic rings. The van der Waals surface area contributed by atoms with E-state index in [1.807, 2.05) is 0 Å². The lowest BCUT2D eigenvalue weighted by atomic mass is 9.77. The van der Waals surface area contributed by atoms with E-state index >= 15 is 0 Å². The summed E-state index contributed by atoms with van der Waals surface area (Å²) in [4.78, 5) is 17.6. The normalized spacial score (nSPS) is 21.7. The van der Waals surface area contributed by atoms with E-state index in [4.69, 9.17) is 14.5 Å². The monoisotopic (exact) mass is 358 g/mol. The fraction of sp³-hybridized carbons (Fsp3) is 0.667. The van der Waals surface area contributed by atoms with E-state index < -0.39 is 7.60 Å². The molecule has 2 N–H and O–H groups in total. The number of halogens is 1. The Morgan fingerprint density at radius 2 is 1.96 bits per heavy atom. The van der Waals surface area contributed by atoms with Crippen LogP contribution in [0.5, 0.6) is 5.75 Å². The molecule has 0 saturated heterocycles. The summed E-state index contributed by atoms with van der Waals surface area (Å²) >= 11 is 0. The van der Waals surface area contributed by atoms with E-state index in [1.165, 1.54) is 31.7 Å². The van der Waals surface area contributed by atoms with Gasteiger partial charge in [-0.1, -0.05) is 25.8 Å². The molecule has 2 rings (SSSR count). The zero-order valence-electron chi connectivity index (χ0n) is 14.3. The molecule has 0 heterocycles. The Kier molecular flexibility index (Phi) is 7.27. The highest BCUT2D eigenvalue weighted by molar-refractivity contribution is 7.51. The first-order valence-corrected chi connectivity index (χ1v) is 10.7. The van der Waals surface area contributed by atoms with Gasteiger partial charge in [-0.15, -0.1) is 0 Å². The van der Waals surface area contributed by atoms with E-state index in [0.29, 0.717) is 11.7 Å². The number of hydrogen-bond donors (Lipinski definition) is 2. The van der Waals surface area contributed by atoms with Gasteiger partial charge in [0.1, 0.15) is 11.6 Å². The van der Waals surface area contributed by atoms with Gasteiger partial charge in [0, 0.05) is 6.07 Å². The van der Waals surface area contributed by atoms with Crippen molar-refractivity contribution >= 4 is 7.60 Å². The summed E-state index contributed by atoms with van der Waals surface area (Å²) in [7, 11) is -3.99. The highest BCUT2D eigenvalue weighted by atomic mass is 31.2. The van der Waals surface area contributed by atoms with Gasteiger partial charge in [-0.2, -0.15) is 0 Å². The number of benzene rings is 1. The molecule has 1 fully saturated rings. The van der Waals surface area contributed by atoms with Crippen LogP contribution in [0, 0.1) is 11.7 Å². The number of ether oxygens (including phenoxy) is 1. The van der Waals surface area contributed by atoms with Crippen LogP contribution in [0.1, 0.15) is 63.4 Å². The third-order valence-electron chi connectivity index (χ3n) is 4.82. The highest BCUT2D eigenvalue weighted by Gasteiger charge is 2.24. The SMILES string of the molecule is CCCC1CCC(c2ccc(OCCCP(=O)(O)O)cc2F)CC1. The molecule has 136 valence electrons. The minimum Gasteiger partial charge on any atom is -0.493 e. The van der Waals surface area contributed by atoms with Crippen LogP contribution >= 0.6 is 7.60 Å². The molecule has 4 nitrogen and oxygen atoms in total. The van der Waals surface area contributed by atoms with Crippen LogP contribution in [0.15, 0.2) is 18.2 Å². The molecule has 0 radical (unpaired) electrons. The van der Waals surface area contributed by atoms with E-state index in [2.05, 4.69) is 6.92 Å². The lowest BCUT2D eigenvalue weighted by Gasteiger charge is -2.29. The summed E-state index contributed by atoms with van der Waals surface area (Å²) in [6.45, 7) is 2.39. The van der Waals surface area contributed by atoms with Gasteiger partial charge in [-0.25, -0.2) is 4.39 Å². The number of hydrogen-bond acceptors (Lipinski definition) is 2. The number of rotatable bonds is 8. The van der Waals surface area contributed by atoms with Crippen LogP contribution < -0.4 is 4.74 Å². The topological polar surface area (TPSA) is 66.8 Å². The summed E-state index contributed by atoms with van der Waals surface area (Å²) in [6.07, 6.45) is 6.98. The smallest absolute Gasteiger partial charge is 0.325 e. The van der Waals surface area contributed by atoms with Crippen molar-refractivity contribution < 1.29 is 23.5 Å². The Morgan fingerprint density at radius 1 is 1.25 bits per heavy atom. The molecule has 0 spiro atoms. The second-order valence-electron chi connectivity index (χ2n) is 6.78. The predicted octanol–water partition coefficient (Wildman–Crippen LogP) is 4.85. The molecule has 0 bridgehead atoms. The highest BCUT2D eigenvalue weighted by Crippen LogP contribution is 2.39. The van der Waals surface area contributed by atoms with Crippen LogP contribution in [0.25, 0.3) is 0 Å². The van der Waals surface area contributed by atoms with Crippen molar-refractivity contribution in [1.82, 2.24) is 0 Å². The predicted molar refractivity (Wildman–Crippen MR) is 93.0 cm³/mol. The Balaban J connectivity index is 1.85. The third kappa shape index (κ3) is 6.19. The van der Waals surface area contributed by atoms with Gasteiger partial charge >= 0.3 is 7.60 Å². The quantitative estimate of drug-likeness (QED) is 0.515. The maximum absolute atomic E-state index is 14.4. The molecule has 6 heteroatoms. The van der Waals surface area contributed by atoms with Crippen LogP contribution in [-0.2, 0) is 4.57 Å². The van der Waals surface area contributed by atoms with Gasteiger partial charge < -0.3 is 14.5 Å². The van der Waals surface area contributed by atoms with Crippen LogP contribution in [0.2, 0.25) is 0 Å². The van der Waals surface area contributed by atoms with E-state index in [-0.39, 0.29) is 25.0 Å². The first-order valence-electron chi connectivity index (χ1n) is 8.86. The standard InChI is InChI=1S/C18H28FO4P/c1-2-4-14-5-7-15(8-6-14)17-10-9-16(13-18(17)19)23-11-3-12-24(20,21)22/h9-10,13-15H,2-8,11-12H2,1H3,(H2,20,21,22). The molecule has 0 aliphatic heterocycles. The Labute approximate surface area is 143 Å². The van der Waals surface area contributed by atoms with E-state index in [1.54, 1.807) is 12.1 Å². The van der Waals surface area contributed by atoms with Crippen LogP contribution in [-0.4, -0.2) is 22.6 Å². The van der Waals surface area contributed by atoms with Crippen molar-refractivity contribution in [2.24, 2.45) is 5.92 Å². The van der Waals surface area contributed by atoms with Crippen molar-refractivity contribution in [3.8, 4) is 5.75 Å². The van der Waals surface area contributed by atoms with Crippen molar-refractivity contribution in [3.63, 3.8) is 0 Å². The molecule has 0 amide bonds. The fourth-order valence-corrected chi connectivity index (χ4v) is 4.10. The van der Waals surface area contributed by atoms with Gasteiger partial charge in [0.05, 0.1) is 12.8 Å². The summed E-state index contributed by atoms with van der Waals surface area (Å²) in [6, 6.07) is 4.96. The maximum Gasteiger partial charge on any atom is 0.325 e. The minimum atomic E-state index is -3.99. The molecule has 0 aromatic heterocycles. The van der Waals surface area contributed by atoms with Gasteiger partial charge in [0.15, 0.2) is 0 Å². The summed E-state index contributed by atoms with van der Waals surface area (Å²) in [5.41, 5.74) is 0.771. The van der Waals surface area contributed by atoms with E-state index in [0.717, 1.165) is 24.3 Å². The molecule has 24 heavy (non-hydrogen) atoms. The first kappa shape index (κ1) is 19.4. The van der Waals surface area contributed by atoms with Crippen molar-refractivity contribution in [1.29, 1.82) is 0 Å². The second-order valence-corrected chi connectivity index (χ2v) is 8.56. The molecular formula is C18H28FO4P. The Hall–Kier alpha value is -0.900. The minimum absolute atomic E-state index is 0.173. The first-order chi connectivity index (χ1) is 11.4. The van der Waals surface area contributed by atoms with Crippen molar-refractivity contribution in [3.05, 3.63) is 29.6 Å². The fourth-order valence-electron chi connectivity index (χ4n) is 3.56. The third-order valence-corrected chi connectivity index (χ3v) is 5.72. The average Bonchev–Trinajstić information content (AvgIpc) is 2.52. The second kappa shape index (κ2) is 8.98. The van der Waals surface area contributed by atoms with Gasteiger partial charge in [-0.3, -0.25) is 4.57 Å². The molecule has 1 aromatic carbocycles.